The highest BCUT2D eigenvalue weighted by Crippen LogP contribution is 2.45. The van der Waals surface area contributed by atoms with Gasteiger partial charge in [-0.3, -0.25) is 0 Å². The van der Waals surface area contributed by atoms with Crippen LogP contribution in [0.25, 0.3) is 0 Å². The van der Waals surface area contributed by atoms with Gasteiger partial charge in [0, 0.05) is 19.6 Å². The lowest BCUT2D eigenvalue weighted by atomic mass is 9.65. The summed E-state index contributed by atoms with van der Waals surface area (Å²) in [6, 6.07) is 18.0. The minimum Gasteiger partial charge on any atom is -0.380 e. The zero-order valence-corrected chi connectivity index (χ0v) is 14.9. The van der Waals surface area contributed by atoms with E-state index in [1.165, 1.54) is 54.4 Å². The molecule has 0 amide bonds. The summed E-state index contributed by atoms with van der Waals surface area (Å²) in [4.78, 5) is 0. The van der Waals surface area contributed by atoms with Crippen LogP contribution < -0.4 is 0 Å². The van der Waals surface area contributed by atoms with Crippen LogP contribution in [0.5, 0.6) is 0 Å². The molecule has 2 aromatic rings. The Kier molecular flexibility index (Phi) is 5.70. The molecule has 128 valence electrons. The van der Waals surface area contributed by atoms with Gasteiger partial charge in [0.05, 0.1) is 13.2 Å². The van der Waals surface area contributed by atoms with Crippen molar-refractivity contribution in [2.24, 2.45) is 0 Å². The van der Waals surface area contributed by atoms with E-state index in [4.69, 9.17) is 9.47 Å². The topological polar surface area (TPSA) is 18.5 Å². The minimum absolute atomic E-state index is 0.146. The standard InChI is InChI=1S/C22H28O2/c1-23-16-18-9-11-20(12-10-18)22(13-4-3-5-14-22)21-8-6-7-19(15-21)17-24-2/h6-12,15H,3-5,13-14,16-17H2,1-2H3. The van der Waals surface area contributed by atoms with E-state index in [-0.39, 0.29) is 5.41 Å². The van der Waals surface area contributed by atoms with Crippen molar-refractivity contribution in [1.29, 1.82) is 0 Å². The van der Waals surface area contributed by atoms with Gasteiger partial charge in [0.25, 0.3) is 0 Å². The maximum absolute atomic E-state index is 5.34. The van der Waals surface area contributed by atoms with Gasteiger partial charge in [0.15, 0.2) is 0 Å². The minimum atomic E-state index is 0.146. The van der Waals surface area contributed by atoms with Crippen LogP contribution in [0.3, 0.4) is 0 Å². The lowest BCUT2D eigenvalue weighted by Gasteiger charge is -2.39. The molecule has 2 aromatic carbocycles. The molecule has 0 radical (unpaired) electrons. The molecule has 0 spiro atoms. The predicted molar refractivity (Wildman–Crippen MR) is 98.2 cm³/mol. The van der Waals surface area contributed by atoms with E-state index >= 15 is 0 Å². The fraction of sp³-hybridized carbons (Fsp3) is 0.455. The van der Waals surface area contributed by atoms with Gasteiger partial charge in [-0.25, -0.2) is 0 Å². The Balaban J connectivity index is 1.99. The lowest BCUT2D eigenvalue weighted by Crippen LogP contribution is -2.30. The van der Waals surface area contributed by atoms with Crippen molar-refractivity contribution in [3.63, 3.8) is 0 Å². The molecule has 0 unspecified atom stereocenters. The molecule has 0 heterocycles. The Labute approximate surface area is 145 Å². The average molecular weight is 324 g/mol. The SMILES string of the molecule is COCc1ccc(C2(c3cccc(COC)c3)CCCCC2)cc1. The van der Waals surface area contributed by atoms with Crippen molar-refractivity contribution in [1.82, 2.24) is 0 Å². The van der Waals surface area contributed by atoms with Gasteiger partial charge in [0.2, 0.25) is 0 Å². The van der Waals surface area contributed by atoms with Crippen LogP contribution >= 0.6 is 0 Å². The van der Waals surface area contributed by atoms with Crippen molar-refractivity contribution in [2.75, 3.05) is 14.2 Å². The highest BCUT2D eigenvalue weighted by atomic mass is 16.5. The van der Waals surface area contributed by atoms with E-state index < -0.39 is 0 Å². The highest BCUT2D eigenvalue weighted by Gasteiger charge is 2.35. The van der Waals surface area contributed by atoms with Gasteiger partial charge >= 0.3 is 0 Å². The molecular formula is C22H28O2. The second-order valence-corrected chi connectivity index (χ2v) is 6.91. The van der Waals surface area contributed by atoms with Gasteiger partial charge in [0.1, 0.15) is 0 Å². The van der Waals surface area contributed by atoms with Gasteiger partial charge in [-0.1, -0.05) is 67.8 Å². The fourth-order valence-corrected chi connectivity index (χ4v) is 4.11. The third-order valence-corrected chi connectivity index (χ3v) is 5.32. The first kappa shape index (κ1) is 17.2. The van der Waals surface area contributed by atoms with E-state index in [1.807, 2.05) is 0 Å². The van der Waals surface area contributed by atoms with Crippen LogP contribution in [-0.2, 0) is 28.1 Å². The normalized spacial score (nSPS) is 16.9. The van der Waals surface area contributed by atoms with Gasteiger partial charge in [-0.2, -0.15) is 0 Å². The molecule has 0 bridgehead atoms. The Hall–Kier alpha value is -1.64. The summed E-state index contributed by atoms with van der Waals surface area (Å²) in [6.45, 7) is 1.35. The largest absolute Gasteiger partial charge is 0.380 e. The Morgan fingerprint density at radius 1 is 0.750 bits per heavy atom. The number of hydrogen-bond donors (Lipinski definition) is 0. The Morgan fingerprint density at radius 2 is 1.42 bits per heavy atom. The first-order valence-corrected chi connectivity index (χ1v) is 8.95. The van der Waals surface area contributed by atoms with E-state index in [9.17, 15) is 0 Å². The van der Waals surface area contributed by atoms with Gasteiger partial charge < -0.3 is 9.47 Å². The number of hydrogen-bond acceptors (Lipinski definition) is 2. The molecule has 3 rings (SSSR count). The summed E-state index contributed by atoms with van der Waals surface area (Å²) in [6.07, 6.45) is 6.41. The van der Waals surface area contributed by atoms with Crippen LogP contribution in [0.2, 0.25) is 0 Å². The zero-order valence-electron chi connectivity index (χ0n) is 14.9. The summed E-state index contributed by atoms with van der Waals surface area (Å²) >= 11 is 0. The maximum atomic E-state index is 5.34. The Morgan fingerprint density at radius 3 is 2.08 bits per heavy atom. The van der Waals surface area contributed by atoms with Crippen molar-refractivity contribution in [2.45, 2.75) is 50.7 Å². The molecule has 0 aliphatic heterocycles. The molecule has 2 nitrogen and oxygen atoms in total. The summed E-state index contributed by atoms with van der Waals surface area (Å²) in [5.41, 5.74) is 5.53. The van der Waals surface area contributed by atoms with Crippen molar-refractivity contribution in [3.8, 4) is 0 Å². The third kappa shape index (κ3) is 3.55. The number of rotatable bonds is 6. The van der Waals surface area contributed by atoms with Crippen LogP contribution in [0.1, 0.15) is 54.4 Å². The lowest BCUT2D eigenvalue weighted by molar-refractivity contribution is 0.184. The molecular weight excluding hydrogens is 296 g/mol. The molecule has 2 heteroatoms. The van der Waals surface area contributed by atoms with E-state index in [0.29, 0.717) is 13.2 Å². The van der Waals surface area contributed by atoms with Gasteiger partial charge in [-0.05, 0) is 35.1 Å². The summed E-state index contributed by atoms with van der Waals surface area (Å²) in [7, 11) is 3.51. The summed E-state index contributed by atoms with van der Waals surface area (Å²) < 4.78 is 10.6. The molecule has 1 aliphatic carbocycles. The number of benzene rings is 2. The molecule has 1 saturated carbocycles. The van der Waals surface area contributed by atoms with Crippen LogP contribution in [-0.4, -0.2) is 14.2 Å². The van der Waals surface area contributed by atoms with Crippen LogP contribution in [0.15, 0.2) is 48.5 Å². The first-order valence-electron chi connectivity index (χ1n) is 8.95. The average Bonchev–Trinajstić information content (AvgIpc) is 2.64. The molecule has 24 heavy (non-hydrogen) atoms. The maximum Gasteiger partial charge on any atom is 0.0713 e. The smallest absolute Gasteiger partial charge is 0.0713 e. The summed E-state index contributed by atoms with van der Waals surface area (Å²) in [5.74, 6) is 0. The zero-order chi connectivity index (χ0) is 16.8. The predicted octanol–water partition coefficient (Wildman–Crippen LogP) is 5.23. The second kappa shape index (κ2) is 7.96. The molecule has 1 aliphatic rings. The van der Waals surface area contributed by atoms with E-state index in [0.717, 1.165) is 0 Å². The van der Waals surface area contributed by atoms with E-state index in [1.54, 1.807) is 14.2 Å². The molecule has 0 atom stereocenters. The first-order chi connectivity index (χ1) is 11.8. The van der Waals surface area contributed by atoms with Crippen molar-refractivity contribution < 1.29 is 9.47 Å². The molecule has 0 N–H and O–H groups in total. The van der Waals surface area contributed by atoms with E-state index in [2.05, 4.69) is 48.5 Å². The van der Waals surface area contributed by atoms with Crippen LogP contribution in [0, 0.1) is 0 Å². The number of methoxy groups -OCH3 is 2. The summed E-state index contributed by atoms with van der Waals surface area (Å²) in [5, 5.41) is 0. The van der Waals surface area contributed by atoms with Crippen molar-refractivity contribution >= 4 is 0 Å². The third-order valence-electron chi connectivity index (χ3n) is 5.32. The molecule has 0 saturated heterocycles. The number of ether oxygens (including phenoxy) is 2. The van der Waals surface area contributed by atoms with Crippen LogP contribution in [0.4, 0.5) is 0 Å². The second-order valence-electron chi connectivity index (χ2n) is 6.91. The van der Waals surface area contributed by atoms with Gasteiger partial charge in [-0.15, -0.1) is 0 Å². The quantitative estimate of drug-likeness (QED) is 0.724. The molecule has 0 aromatic heterocycles. The fourth-order valence-electron chi connectivity index (χ4n) is 4.11. The monoisotopic (exact) mass is 324 g/mol. The highest BCUT2D eigenvalue weighted by molar-refractivity contribution is 5.42. The van der Waals surface area contributed by atoms with Crippen molar-refractivity contribution in [3.05, 3.63) is 70.8 Å². The Bertz CT molecular complexity index is 639. The molecule has 1 fully saturated rings.